The summed E-state index contributed by atoms with van der Waals surface area (Å²) in [7, 11) is 0. The van der Waals surface area contributed by atoms with Gasteiger partial charge < -0.3 is 14.6 Å². The third kappa shape index (κ3) is 4.65. The van der Waals surface area contributed by atoms with Gasteiger partial charge in [-0.3, -0.25) is 0 Å². The standard InChI is InChI=1S/C12H17BrN2O2/c1-4-15(8-9(2)3)12(16)14-7-10-5-6-11(13)17-10/h5-6H,2,4,7-8H2,1,3H3,(H,14,16). The summed E-state index contributed by atoms with van der Waals surface area (Å²) in [5.41, 5.74) is 0.961. The van der Waals surface area contributed by atoms with Crippen molar-refractivity contribution in [1.82, 2.24) is 10.2 Å². The van der Waals surface area contributed by atoms with Crippen molar-refractivity contribution >= 4 is 22.0 Å². The zero-order valence-electron chi connectivity index (χ0n) is 10.1. The van der Waals surface area contributed by atoms with E-state index in [0.29, 0.717) is 24.3 Å². The zero-order valence-corrected chi connectivity index (χ0v) is 11.7. The lowest BCUT2D eigenvalue weighted by molar-refractivity contribution is 0.203. The first-order valence-electron chi connectivity index (χ1n) is 5.44. The number of urea groups is 1. The van der Waals surface area contributed by atoms with Gasteiger partial charge in [0.05, 0.1) is 6.54 Å². The van der Waals surface area contributed by atoms with E-state index in [9.17, 15) is 4.79 Å². The predicted molar refractivity (Wildman–Crippen MR) is 70.7 cm³/mol. The number of hydrogen-bond acceptors (Lipinski definition) is 2. The molecule has 0 aliphatic rings. The van der Waals surface area contributed by atoms with Crippen LogP contribution in [0.2, 0.25) is 0 Å². The van der Waals surface area contributed by atoms with Gasteiger partial charge in [0.15, 0.2) is 4.67 Å². The highest BCUT2D eigenvalue weighted by atomic mass is 79.9. The second kappa shape index (κ2) is 6.49. The van der Waals surface area contributed by atoms with E-state index in [1.165, 1.54) is 0 Å². The van der Waals surface area contributed by atoms with Crippen molar-refractivity contribution in [3.8, 4) is 0 Å². The number of amides is 2. The van der Waals surface area contributed by atoms with Crippen molar-refractivity contribution in [1.29, 1.82) is 0 Å². The van der Waals surface area contributed by atoms with Crippen LogP contribution in [0.1, 0.15) is 19.6 Å². The van der Waals surface area contributed by atoms with Crippen LogP contribution in [0.5, 0.6) is 0 Å². The fourth-order valence-corrected chi connectivity index (χ4v) is 1.71. The van der Waals surface area contributed by atoms with Crippen molar-refractivity contribution in [3.63, 3.8) is 0 Å². The lowest BCUT2D eigenvalue weighted by atomic mass is 10.3. The number of nitrogens with zero attached hydrogens (tertiary/aromatic N) is 1. The van der Waals surface area contributed by atoms with Crippen molar-refractivity contribution in [2.75, 3.05) is 13.1 Å². The molecule has 1 aromatic rings. The largest absolute Gasteiger partial charge is 0.452 e. The van der Waals surface area contributed by atoms with Crippen LogP contribution in [0.3, 0.4) is 0 Å². The van der Waals surface area contributed by atoms with E-state index in [-0.39, 0.29) is 6.03 Å². The summed E-state index contributed by atoms with van der Waals surface area (Å²) >= 11 is 3.21. The zero-order chi connectivity index (χ0) is 12.8. The molecule has 0 saturated carbocycles. The summed E-state index contributed by atoms with van der Waals surface area (Å²) in [5.74, 6) is 0.719. The fraction of sp³-hybridized carbons (Fsp3) is 0.417. The summed E-state index contributed by atoms with van der Waals surface area (Å²) in [6, 6.07) is 3.51. The van der Waals surface area contributed by atoms with Gasteiger partial charge in [-0.25, -0.2) is 4.79 Å². The monoisotopic (exact) mass is 300 g/mol. The molecule has 0 spiro atoms. The van der Waals surface area contributed by atoms with E-state index in [2.05, 4.69) is 27.8 Å². The smallest absolute Gasteiger partial charge is 0.318 e. The Morgan fingerprint density at radius 3 is 2.76 bits per heavy atom. The van der Waals surface area contributed by atoms with Gasteiger partial charge in [0.1, 0.15) is 5.76 Å². The number of furan rings is 1. The van der Waals surface area contributed by atoms with E-state index >= 15 is 0 Å². The molecule has 1 heterocycles. The Morgan fingerprint density at radius 1 is 1.59 bits per heavy atom. The van der Waals surface area contributed by atoms with Gasteiger partial charge in [0, 0.05) is 13.1 Å². The number of likely N-dealkylation sites (N-methyl/N-ethyl adjacent to an activating group) is 1. The molecule has 0 aliphatic heterocycles. The van der Waals surface area contributed by atoms with Crippen molar-refractivity contribution < 1.29 is 9.21 Å². The molecule has 0 atom stereocenters. The van der Waals surface area contributed by atoms with Crippen LogP contribution in [0, 0.1) is 0 Å². The maximum absolute atomic E-state index is 11.8. The van der Waals surface area contributed by atoms with Gasteiger partial charge in [-0.15, -0.1) is 0 Å². The summed E-state index contributed by atoms with van der Waals surface area (Å²) in [6.45, 7) is 9.25. The molecule has 1 aromatic heterocycles. The Hall–Kier alpha value is -1.23. The van der Waals surface area contributed by atoms with Crippen molar-refractivity contribution in [2.45, 2.75) is 20.4 Å². The second-order valence-electron chi connectivity index (χ2n) is 3.84. The summed E-state index contributed by atoms with van der Waals surface area (Å²) < 4.78 is 5.96. The third-order valence-corrected chi connectivity index (χ3v) is 2.60. The normalized spacial score (nSPS) is 10.1. The minimum absolute atomic E-state index is 0.108. The van der Waals surface area contributed by atoms with Crippen LogP contribution in [-0.4, -0.2) is 24.0 Å². The van der Waals surface area contributed by atoms with Crippen LogP contribution >= 0.6 is 15.9 Å². The maximum Gasteiger partial charge on any atom is 0.318 e. The molecule has 0 radical (unpaired) electrons. The average Bonchev–Trinajstić information content (AvgIpc) is 2.68. The average molecular weight is 301 g/mol. The third-order valence-electron chi connectivity index (χ3n) is 2.17. The number of hydrogen-bond donors (Lipinski definition) is 1. The van der Waals surface area contributed by atoms with Crippen molar-refractivity contribution in [2.24, 2.45) is 0 Å². The number of halogens is 1. The van der Waals surface area contributed by atoms with Gasteiger partial charge in [-0.2, -0.15) is 0 Å². The Kier molecular flexibility index (Phi) is 5.28. The quantitative estimate of drug-likeness (QED) is 0.849. The number of rotatable bonds is 5. The minimum Gasteiger partial charge on any atom is -0.452 e. The van der Waals surface area contributed by atoms with Gasteiger partial charge in [-0.05, 0) is 41.9 Å². The molecule has 17 heavy (non-hydrogen) atoms. The number of nitrogens with one attached hydrogen (secondary N) is 1. The lowest BCUT2D eigenvalue weighted by Crippen LogP contribution is -2.40. The molecule has 0 fully saturated rings. The predicted octanol–water partition coefficient (Wildman–Crippen LogP) is 3.15. The van der Waals surface area contributed by atoms with E-state index in [0.717, 1.165) is 11.3 Å². The van der Waals surface area contributed by atoms with E-state index < -0.39 is 0 Å². The Balaban J connectivity index is 2.44. The molecule has 1 rings (SSSR count). The van der Waals surface area contributed by atoms with Crippen LogP contribution < -0.4 is 5.32 Å². The Bertz CT molecular complexity index is 401. The first kappa shape index (κ1) is 13.8. The Labute approximate surface area is 110 Å². The lowest BCUT2D eigenvalue weighted by Gasteiger charge is -2.21. The molecule has 0 saturated heterocycles. The van der Waals surface area contributed by atoms with Crippen LogP contribution in [0.25, 0.3) is 0 Å². The maximum atomic E-state index is 11.8. The van der Waals surface area contributed by atoms with E-state index in [4.69, 9.17) is 4.42 Å². The molecule has 0 aromatic carbocycles. The molecule has 5 heteroatoms. The molecule has 0 aliphatic carbocycles. The number of carbonyl (C=O) groups excluding carboxylic acids is 1. The van der Waals surface area contributed by atoms with Crippen LogP contribution in [-0.2, 0) is 6.54 Å². The highest BCUT2D eigenvalue weighted by molar-refractivity contribution is 9.10. The van der Waals surface area contributed by atoms with Gasteiger partial charge in [-0.1, -0.05) is 12.2 Å². The van der Waals surface area contributed by atoms with Gasteiger partial charge >= 0.3 is 6.03 Å². The molecule has 4 nitrogen and oxygen atoms in total. The summed E-state index contributed by atoms with van der Waals surface area (Å²) in [5, 5.41) is 2.80. The summed E-state index contributed by atoms with van der Waals surface area (Å²) in [4.78, 5) is 13.5. The molecule has 94 valence electrons. The highest BCUT2D eigenvalue weighted by Gasteiger charge is 2.11. The number of carbonyl (C=O) groups is 1. The highest BCUT2D eigenvalue weighted by Crippen LogP contribution is 2.13. The van der Waals surface area contributed by atoms with E-state index in [1.54, 1.807) is 11.0 Å². The van der Waals surface area contributed by atoms with Gasteiger partial charge in [0.25, 0.3) is 0 Å². The summed E-state index contributed by atoms with van der Waals surface area (Å²) in [6.07, 6.45) is 0. The van der Waals surface area contributed by atoms with Crippen LogP contribution in [0.4, 0.5) is 4.79 Å². The minimum atomic E-state index is -0.108. The van der Waals surface area contributed by atoms with Crippen molar-refractivity contribution in [3.05, 3.63) is 34.7 Å². The van der Waals surface area contributed by atoms with Gasteiger partial charge in [0.2, 0.25) is 0 Å². The molecule has 0 unspecified atom stereocenters. The van der Waals surface area contributed by atoms with Crippen LogP contribution in [0.15, 0.2) is 33.4 Å². The topological polar surface area (TPSA) is 45.5 Å². The molecular weight excluding hydrogens is 284 g/mol. The SMILES string of the molecule is C=C(C)CN(CC)C(=O)NCc1ccc(Br)o1. The van der Waals surface area contributed by atoms with E-state index in [1.807, 2.05) is 19.9 Å². The first-order chi connectivity index (χ1) is 8.02. The second-order valence-corrected chi connectivity index (χ2v) is 4.62. The molecule has 2 amide bonds. The first-order valence-corrected chi connectivity index (χ1v) is 6.23. The Morgan fingerprint density at radius 2 is 2.29 bits per heavy atom. The molecule has 0 bridgehead atoms. The molecular formula is C12H17BrN2O2. The molecule has 1 N–H and O–H groups in total. The fourth-order valence-electron chi connectivity index (χ4n) is 1.37.